The number of fused-ring (bicyclic) bond motifs is 1. The lowest BCUT2D eigenvalue weighted by molar-refractivity contribution is 0.0522. The third kappa shape index (κ3) is 1.97. The first kappa shape index (κ1) is 12.2. The van der Waals surface area contributed by atoms with Crippen LogP contribution < -0.4 is 5.43 Å². The maximum absolute atomic E-state index is 13.0. The summed E-state index contributed by atoms with van der Waals surface area (Å²) in [5, 5.41) is -0.209. The van der Waals surface area contributed by atoms with E-state index in [4.69, 9.17) is 4.42 Å². The fraction of sp³-hybridized carbons (Fsp3) is 0.167. The molecule has 0 saturated carbocycles. The quantitative estimate of drug-likeness (QED) is 0.771. The minimum absolute atomic E-state index is 0.0914. The van der Waals surface area contributed by atoms with Crippen LogP contribution in [0.4, 0.5) is 8.78 Å². The van der Waals surface area contributed by atoms with Crippen molar-refractivity contribution in [3.63, 3.8) is 0 Å². The van der Waals surface area contributed by atoms with E-state index < -0.39 is 23.0 Å². The number of ether oxygens (including phenoxy) is 1. The fourth-order valence-electron chi connectivity index (χ4n) is 1.47. The predicted octanol–water partition coefficient (Wildman–Crippen LogP) is 2.25. The van der Waals surface area contributed by atoms with Gasteiger partial charge in [-0.05, 0) is 13.0 Å². The van der Waals surface area contributed by atoms with Gasteiger partial charge in [0, 0.05) is 6.07 Å². The third-order valence-electron chi connectivity index (χ3n) is 2.31. The Hall–Kier alpha value is -2.24. The van der Waals surface area contributed by atoms with E-state index in [-0.39, 0.29) is 23.1 Å². The summed E-state index contributed by atoms with van der Waals surface area (Å²) in [4.78, 5) is 23.3. The van der Waals surface area contributed by atoms with Crippen molar-refractivity contribution in [1.29, 1.82) is 0 Å². The van der Waals surface area contributed by atoms with Crippen LogP contribution in [-0.2, 0) is 4.74 Å². The molecule has 0 fully saturated rings. The molecule has 0 aliphatic heterocycles. The van der Waals surface area contributed by atoms with Crippen molar-refractivity contribution in [3.05, 3.63) is 45.8 Å². The van der Waals surface area contributed by atoms with Gasteiger partial charge in [0.2, 0.25) is 5.43 Å². The van der Waals surface area contributed by atoms with Crippen LogP contribution in [0.2, 0.25) is 0 Å². The molecule has 0 N–H and O–H groups in total. The van der Waals surface area contributed by atoms with Crippen molar-refractivity contribution in [2.45, 2.75) is 6.92 Å². The average molecular weight is 254 g/mol. The van der Waals surface area contributed by atoms with Crippen molar-refractivity contribution >= 4 is 16.9 Å². The molecule has 0 amide bonds. The Morgan fingerprint density at radius 2 is 2.00 bits per heavy atom. The predicted molar refractivity (Wildman–Crippen MR) is 58.4 cm³/mol. The van der Waals surface area contributed by atoms with Gasteiger partial charge in [0.1, 0.15) is 17.4 Å². The van der Waals surface area contributed by atoms with Gasteiger partial charge in [-0.1, -0.05) is 0 Å². The van der Waals surface area contributed by atoms with E-state index in [0.717, 1.165) is 12.3 Å². The maximum Gasteiger partial charge on any atom is 0.345 e. The molecule has 0 spiro atoms. The zero-order valence-electron chi connectivity index (χ0n) is 9.33. The number of hydrogen-bond acceptors (Lipinski definition) is 4. The van der Waals surface area contributed by atoms with Gasteiger partial charge in [0.05, 0.1) is 12.0 Å². The SMILES string of the molecule is CCOC(=O)c1coc2cc(F)c(F)cc2c1=O. The van der Waals surface area contributed by atoms with Crippen molar-refractivity contribution in [2.75, 3.05) is 6.61 Å². The van der Waals surface area contributed by atoms with E-state index in [1.165, 1.54) is 0 Å². The summed E-state index contributed by atoms with van der Waals surface area (Å²) < 4.78 is 35.5. The van der Waals surface area contributed by atoms with Crippen molar-refractivity contribution < 1.29 is 22.7 Å². The topological polar surface area (TPSA) is 56.5 Å². The molecule has 4 nitrogen and oxygen atoms in total. The molecule has 0 aliphatic carbocycles. The van der Waals surface area contributed by atoms with Crippen molar-refractivity contribution in [2.24, 2.45) is 0 Å². The summed E-state index contributed by atoms with van der Waals surface area (Å²) in [6, 6.07) is 1.44. The Bertz CT molecular complexity index is 676. The highest BCUT2D eigenvalue weighted by Crippen LogP contribution is 2.16. The summed E-state index contributed by atoms with van der Waals surface area (Å²) in [5.41, 5.74) is -1.24. The highest BCUT2D eigenvalue weighted by Gasteiger charge is 2.17. The first-order valence-electron chi connectivity index (χ1n) is 5.12. The first-order chi connectivity index (χ1) is 8.54. The zero-order chi connectivity index (χ0) is 13.3. The minimum atomic E-state index is -1.18. The number of carbonyl (C=O) groups excluding carboxylic acids is 1. The second-order valence-electron chi connectivity index (χ2n) is 3.46. The Morgan fingerprint density at radius 3 is 2.67 bits per heavy atom. The number of benzene rings is 1. The molecule has 0 saturated heterocycles. The average Bonchev–Trinajstić information content (AvgIpc) is 2.32. The van der Waals surface area contributed by atoms with Crippen LogP contribution in [-0.4, -0.2) is 12.6 Å². The molecule has 0 unspecified atom stereocenters. The van der Waals surface area contributed by atoms with E-state index in [2.05, 4.69) is 4.74 Å². The van der Waals surface area contributed by atoms with Gasteiger partial charge in [-0.3, -0.25) is 4.79 Å². The molecule has 6 heteroatoms. The molecule has 0 aliphatic rings. The molecule has 1 aromatic carbocycles. The number of carbonyl (C=O) groups is 1. The Kier molecular flexibility index (Phi) is 3.10. The molecule has 1 heterocycles. The number of rotatable bonds is 2. The summed E-state index contributed by atoms with van der Waals surface area (Å²) in [7, 11) is 0. The van der Waals surface area contributed by atoms with Gasteiger partial charge in [-0.25, -0.2) is 13.6 Å². The minimum Gasteiger partial charge on any atom is -0.463 e. The van der Waals surface area contributed by atoms with Crippen molar-refractivity contribution in [1.82, 2.24) is 0 Å². The molecule has 0 atom stereocenters. The third-order valence-corrected chi connectivity index (χ3v) is 2.31. The summed E-state index contributed by atoms with van der Waals surface area (Å²) in [6.07, 6.45) is 0.875. The van der Waals surface area contributed by atoms with Crippen LogP contribution in [0.25, 0.3) is 11.0 Å². The van der Waals surface area contributed by atoms with Crippen LogP contribution in [0.3, 0.4) is 0 Å². The molecular weight excluding hydrogens is 246 g/mol. The van der Waals surface area contributed by atoms with Crippen LogP contribution in [0.5, 0.6) is 0 Å². The number of esters is 1. The zero-order valence-corrected chi connectivity index (χ0v) is 9.33. The standard InChI is InChI=1S/C12H8F2O4/c1-2-17-12(16)7-5-18-10-4-9(14)8(13)3-6(10)11(7)15/h3-5H,2H2,1H3. The van der Waals surface area contributed by atoms with Gasteiger partial charge in [0.25, 0.3) is 0 Å². The lowest BCUT2D eigenvalue weighted by Gasteiger charge is -2.02. The molecule has 2 rings (SSSR count). The summed E-state index contributed by atoms with van der Waals surface area (Å²) in [5.74, 6) is -3.18. The van der Waals surface area contributed by atoms with Crippen LogP contribution in [0.1, 0.15) is 17.3 Å². The van der Waals surface area contributed by atoms with E-state index in [1.807, 2.05) is 0 Å². The Balaban J connectivity index is 2.68. The smallest absolute Gasteiger partial charge is 0.345 e. The monoisotopic (exact) mass is 254 g/mol. The second-order valence-corrected chi connectivity index (χ2v) is 3.46. The van der Waals surface area contributed by atoms with E-state index in [0.29, 0.717) is 6.07 Å². The fourth-order valence-corrected chi connectivity index (χ4v) is 1.47. The molecule has 18 heavy (non-hydrogen) atoms. The molecule has 1 aromatic heterocycles. The highest BCUT2D eigenvalue weighted by molar-refractivity contribution is 5.92. The number of hydrogen-bond donors (Lipinski definition) is 0. The molecule has 94 valence electrons. The largest absolute Gasteiger partial charge is 0.463 e. The van der Waals surface area contributed by atoms with Gasteiger partial charge in [-0.2, -0.15) is 0 Å². The van der Waals surface area contributed by atoms with Crippen molar-refractivity contribution in [3.8, 4) is 0 Å². The van der Waals surface area contributed by atoms with Crippen LogP contribution in [0, 0.1) is 11.6 Å². The number of halogens is 2. The molecular formula is C12H8F2O4. The lowest BCUT2D eigenvalue weighted by Crippen LogP contribution is -2.17. The van der Waals surface area contributed by atoms with Crippen LogP contribution >= 0.6 is 0 Å². The second kappa shape index (κ2) is 4.56. The molecule has 2 aromatic rings. The first-order valence-corrected chi connectivity index (χ1v) is 5.12. The van der Waals surface area contributed by atoms with E-state index >= 15 is 0 Å². The van der Waals surface area contributed by atoms with Gasteiger partial charge < -0.3 is 9.15 Å². The van der Waals surface area contributed by atoms with E-state index in [1.54, 1.807) is 6.92 Å². The van der Waals surface area contributed by atoms with Gasteiger partial charge in [-0.15, -0.1) is 0 Å². The molecule has 0 bridgehead atoms. The van der Waals surface area contributed by atoms with Crippen LogP contribution in [0.15, 0.2) is 27.6 Å². The highest BCUT2D eigenvalue weighted by atomic mass is 19.2. The Labute approximate surface area is 99.8 Å². The lowest BCUT2D eigenvalue weighted by atomic mass is 10.1. The van der Waals surface area contributed by atoms with Gasteiger partial charge in [0.15, 0.2) is 11.6 Å². The van der Waals surface area contributed by atoms with E-state index in [9.17, 15) is 18.4 Å². The van der Waals surface area contributed by atoms with Gasteiger partial charge >= 0.3 is 5.97 Å². The summed E-state index contributed by atoms with van der Waals surface area (Å²) >= 11 is 0. The normalized spacial score (nSPS) is 10.6. The maximum atomic E-state index is 13.0. The summed E-state index contributed by atoms with van der Waals surface area (Å²) in [6.45, 7) is 1.67. The Morgan fingerprint density at radius 1 is 1.33 bits per heavy atom. The molecule has 0 radical (unpaired) electrons.